The zero-order valence-electron chi connectivity index (χ0n) is 13.3. The van der Waals surface area contributed by atoms with Gasteiger partial charge in [-0.25, -0.2) is 0 Å². The minimum atomic E-state index is 0.576. The Morgan fingerprint density at radius 2 is 1.71 bits per heavy atom. The number of hydrogen-bond donors (Lipinski definition) is 1. The van der Waals surface area contributed by atoms with Crippen LogP contribution in [-0.4, -0.2) is 16.0 Å². The molecule has 5 rings (SSSR count). The van der Waals surface area contributed by atoms with E-state index in [0.717, 1.165) is 35.7 Å². The Hall–Kier alpha value is -0.960. The minimum absolute atomic E-state index is 0.576. The van der Waals surface area contributed by atoms with Crippen LogP contribution in [0.25, 0.3) is 0 Å². The Morgan fingerprint density at radius 1 is 1.10 bits per heavy atom. The number of aryl methyl sites for hydroxylation is 1. The van der Waals surface area contributed by atoms with Gasteiger partial charge in [0.25, 0.3) is 0 Å². The molecule has 1 N–H and O–H groups in total. The molecule has 4 fully saturated rings. The molecule has 21 heavy (non-hydrogen) atoms. The summed E-state index contributed by atoms with van der Waals surface area (Å²) in [5.74, 6) is 3.08. The fraction of sp³-hybridized carbons (Fsp3) is 0.778. The van der Waals surface area contributed by atoms with Crippen molar-refractivity contribution in [1.29, 1.82) is 0 Å². The highest BCUT2D eigenvalue weighted by atomic mass is 15.0. The van der Waals surface area contributed by atoms with Crippen molar-refractivity contribution in [3.63, 3.8) is 0 Å². The van der Waals surface area contributed by atoms with Gasteiger partial charge in [-0.3, -0.25) is 9.97 Å². The van der Waals surface area contributed by atoms with Crippen LogP contribution >= 0.6 is 0 Å². The van der Waals surface area contributed by atoms with Crippen molar-refractivity contribution in [3.05, 3.63) is 23.8 Å². The van der Waals surface area contributed by atoms with Crippen LogP contribution in [0, 0.1) is 30.1 Å². The van der Waals surface area contributed by atoms with E-state index in [2.05, 4.69) is 22.2 Å². The van der Waals surface area contributed by atoms with E-state index in [9.17, 15) is 0 Å². The van der Waals surface area contributed by atoms with Gasteiger partial charge < -0.3 is 5.32 Å². The Balaban J connectivity index is 1.42. The van der Waals surface area contributed by atoms with Gasteiger partial charge in [0.2, 0.25) is 0 Å². The fourth-order valence-electron chi connectivity index (χ4n) is 5.69. The summed E-state index contributed by atoms with van der Waals surface area (Å²) in [6.07, 6.45) is 12.7. The first kappa shape index (κ1) is 13.7. The molecule has 1 heterocycles. The van der Waals surface area contributed by atoms with Gasteiger partial charge in [-0.2, -0.15) is 0 Å². The lowest BCUT2D eigenvalue weighted by Gasteiger charge is -2.59. The molecule has 0 radical (unpaired) electrons. The molecule has 3 nitrogen and oxygen atoms in total. The zero-order valence-corrected chi connectivity index (χ0v) is 13.3. The molecule has 1 aromatic rings. The number of nitrogens with one attached hydrogen (secondary N) is 1. The quantitative estimate of drug-likeness (QED) is 0.920. The average Bonchev–Trinajstić information content (AvgIpc) is 2.45. The molecule has 1 aromatic heterocycles. The average molecular weight is 285 g/mol. The van der Waals surface area contributed by atoms with Gasteiger partial charge in [0.15, 0.2) is 0 Å². The van der Waals surface area contributed by atoms with Crippen LogP contribution in [0.1, 0.15) is 56.8 Å². The molecular weight excluding hydrogens is 258 g/mol. The van der Waals surface area contributed by atoms with E-state index < -0.39 is 0 Å². The summed E-state index contributed by atoms with van der Waals surface area (Å²) >= 11 is 0. The van der Waals surface area contributed by atoms with E-state index in [-0.39, 0.29) is 0 Å². The second kappa shape index (κ2) is 5.05. The highest BCUT2D eigenvalue weighted by Crippen LogP contribution is 2.61. The Labute approximate surface area is 128 Å². The summed E-state index contributed by atoms with van der Waals surface area (Å²) in [5, 5.41) is 3.77. The molecule has 4 saturated carbocycles. The van der Waals surface area contributed by atoms with Crippen molar-refractivity contribution in [2.75, 3.05) is 0 Å². The van der Waals surface area contributed by atoms with Crippen molar-refractivity contribution in [2.45, 2.75) is 65.0 Å². The van der Waals surface area contributed by atoms with Crippen molar-refractivity contribution >= 4 is 0 Å². The first-order chi connectivity index (χ1) is 10.1. The lowest BCUT2D eigenvalue weighted by Crippen LogP contribution is -2.54. The normalized spacial score (nSPS) is 38.7. The second-order valence-electron chi connectivity index (χ2n) is 8.03. The molecule has 0 aromatic carbocycles. The third kappa shape index (κ3) is 2.50. The summed E-state index contributed by atoms with van der Waals surface area (Å²) in [6, 6.07) is 0.606. The molecule has 3 heteroatoms. The fourth-order valence-corrected chi connectivity index (χ4v) is 5.69. The van der Waals surface area contributed by atoms with E-state index in [1.165, 1.54) is 38.5 Å². The molecule has 4 bridgehead atoms. The summed E-state index contributed by atoms with van der Waals surface area (Å²) in [4.78, 5) is 8.82. The molecule has 1 unspecified atom stereocenters. The van der Waals surface area contributed by atoms with Gasteiger partial charge >= 0.3 is 0 Å². The number of rotatable bonds is 4. The summed E-state index contributed by atoms with van der Waals surface area (Å²) in [6.45, 7) is 5.26. The minimum Gasteiger partial charge on any atom is -0.308 e. The maximum atomic E-state index is 4.47. The first-order valence-electron chi connectivity index (χ1n) is 8.64. The van der Waals surface area contributed by atoms with Gasteiger partial charge in [0.1, 0.15) is 0 Å². The van der Waals surface area contributed by atoms with Gasteiger partial charge in [-0.15, -0.1) is 0 Å². The molecule has 0 spiro atoms. The van der Waals surface area contributed by atoms with E-state index >= 15 is 0 Å². The first-order valence-corrected chi connectivity index (χ1v) is 8.64. The third-order valence-electron chi connectivity index (χ3n) is 6.43. The Bertz CT molecular complexity index is 472. The molecule has 0 aliphatic heterocycles. The smallest absolute Gasteiger partial charge is 0.0724 e. The maximum absolute atomic E-state index is 4.47. The number of hydrogen-bond acceptors (Lipinski definition) is 3. The van der Waals surface area contributed by atoms with Crippen molar-refractivity contribution < 1.29 is 0 Å². The van der Waals surface area contributed by atoms with E-state index in [1.54, 1.807) is 0 Å². The third-order valence-corrected chi connectivity index (χ3v) is 6.43. The van der Waals surface area contributed by atoms with Gasteiger partial charge in [-0.1, -0.05) is 0 Å². The van der Waals surface area contributed by atoms with Gasteiger partial charge in [0.05, 0.1) is 11.4 Å². The van der Waals surface area contributed by atoms with E-state index in [0.29, 0.717) is 11.5 Å². The lowest BCUT2D eigenvalue weighted by molar-refractivity contribution is -0.0707. The van der Waals surface area contributed by atoms with E-state index in [4.69, 9.17) is 0 Å². The van der Waals surface area contributed by atoms with Crippen molar-refractivity contribution in [2.24, 2.45) is 23.2 Å². The largest absolute Gasteiger partial charge is 0.308 e. The van der Waals surface area contributed by atoms with Crippen LogP contribution in [0.2, 0.25) is 0 Å². The molecule has 0 amide bonds. The second-order valence-corrected chi connectivity index (χ2v) is 8.03. The monoisotopic (exact) mass is 285 g/mol. The van der Waals surface area contributed by atoms with Gasteiger partial charge in [0, 0.05) is 25.0 Å². The molecule has 0 saturated heterocycles. The van der Waals surface area contributed by atoms with Crippen LogP contribution in [0.4, 0.5) is 0 Å². The molecule has 4 aliphatic carbocycles. The summed E-state index contributed by atoms with van der Waals surface area (Å²) in [7, 11) is 0. The highest BCUT2D eigenvalue weighted by Gasteiger charge is 2.52. The summed E-state index contributed by atoms with van der Waals surface area (Å²) < 4.78 is 0. The molecule has 1 atom stereocenters. The van der Waals surface area contributed by atoms with Crippen LogP contribution in [-0.2, 0) is 6.54 Å². The van der Waals surface area contributed by atoms with E-state index in [1.807, 2.05) is 19.3 Å². The molecule has 4 aliphatic rings. The number of aromatic nitrogens is 2. The van der Waals surface area contributed by atoms with Crippen LogP contribution in [0.15, 0.2) is 12.4 Å². The summed E-state index contributed by atoms with van der Waals surface area (Å²) in [5.41, 5.74) is 2.64. The van der Waals surface area contributed by atoms with Crippen molar-refractivity contribution in [3.8, 4) is 0 Å². The molecular formula is C18H27N3. The predicted molar refractivity (Wildman–Crippen MR) is 83.7 cm³/mol. The van der Waals surface area contributed by atoms with Crippen LogP contribution < -0.4 is 5.32 Å². The standard InChI is InChI=1S/C18H27N3/c1-12-9-21-17(10-19-12)11-20-13(2)18-6-14-3-15(7-18)5-16(4-14)8-18/h9-10,13-16,20H,3-8,11H2,1-2H3. The lowest BCUT2D eigenvalue weighted by atomic mass is 9.48. The maximum Gasteiger partial charge on any atom is 0.0724 e. The molecule has 114 valence electrons. The Kier molecular flexibility index (Phi) is 3.29. The Morgan fingerprint density at radius 3 is 2.24 bits per heavy atom. The topological polar surface area (TPSA) is 37.8 Å². The van der Waals surface area contributed by atoms with Crippen LogP contribution in [0.3, 0.4) is 0 Å². The van der Waals surface area contributed by atoms with Gasteiger partial charge in [-0.05, 0) is 75.5 Å². The highest BCUT2D eigenvalue weighted by molar-refractivity contribution is 5.06. The zero-order chi connectivity index (χ0) is 14.4. The predicted octanol–water partition coefficient (Wildman–Crippen LogP) is 3.48. The van der Waals surface area contributed by atoms with Crippen LogP contribution in [0.5, 0.6) is 0 Å². The SMILES string of the molecule is Cc1cnc(CNC(C)C23CC4CC(CC(C4)C2)C3)cn1. The van der Waals surface area contributed by atoms with Crippen molar-refractivity contribution in [1.82, 2.24) is 15.3 Å². The number of nitrogens with zero attached hydrogens (tertiary/aromatic N) is 2.